The SMILES string of the molecule is C=CCC=CCC=CCC=CC. The summed E-state index contributed by atoms with van der Waals surface area (Å²) in [6, 6.07) is 0. The normalized spacial score (nSPS) is 12.1. The van der Waals surface area contributed by atoms with Gasteiger partial charge in [0.25, 0.3) is 0 Å². The van der Waals surface area contributed by atoms with Crippen LogP contribution in [0.2, 0.25) is 0 Å². The van der Waals surface area contributed by atoms with Crippen molar-refractivity contribution in [2.45, 2.75) is 26.2 Å². The summed E-state index contributed by atoms with van der Waals surface area (Å²) < 4.78 is 0. The average Bonchev–Trinajstić information content (AvgIpc) is 2.10. The Balaban J connectivity index is 3.28. The standard InChI is InChI=1S/C12H18/c1-3-5-7-9-11-12-10-8-6-4-2/h3-4,6-7,9-10,12H,1,5,8,11H2,2H3. The van der Waals surface area contributed by atoms with Gasteiger partial charge in [-0.15, -0.1) is 6.58 Å². The van der Waals surface area contributed by atoms with E-state index in [9.17, 15) is 0 Å². The molecule has 12 heavy (non-hydrogen) atoms. The van der Waals surface area contributed by atoms with Gasteiger partial charge in [0.15, 0.2) is 0 Å². The van der Waals surface area contributed by atoms with Gasteiger partial charge in [0, 0.05) is 0 Å². The predicted octanol–water partition coefficient (Wildman–Crippen LogP) is 4.03. The molecule has 0 heteroatoms. The third-order valence-electron chi connectivity index (χ3n) is 1.42. The molecule has 0 heterocycles. The minimum atomic E-state index is 0.975. The van der Waals surface area contributed by atoms with E-state index < -0.39 is 0 Å². The van der Waals surface area contributed by atoms with Crippen LogP contribution in [0.5, 0.6) is 0 Å². The second-order valence-corrected chi connectivity index (χ2v) is 2.51. The third-order valence-corrected chi connectivity index (χ3v) is 1.42. The summed E-state index contributed by atoms with van der Waals surface area (Å²) in [7, 11) is 0. The van der Waals surface area contributed by atoms with Crippen LogP contribution in [-0.4, -0.2) is 0 Å². The van der Waals surface area contributed by atoms with Crippen LogP contribution in [0, 0.1) is 0 Å². The molecule has 0 amide bonds. The summed E-state index contributed by atoms with van der Waals surface area (Å²) in [5.74, 6) is 0. The Kier molecular flexibility index (Phi) is 9.10. The molecular weight excluding hydrogens is 144 g/mol. The first-order valence-electron chi connectivity index (χ1n) is 4.44. The monoisotopic (exact) mass is 162 g/mol. The number of allylic oxidation sites excluding steroid dienone is 7. The number of hydrogen-bond donors (Lipinski definition) is 0. The third kappa shape index (κ3) is 8.96. The van der Waals surface area contributed by atoms with Crippen molar-refractivity contribution in [2.24, 2.45) is 0 Å². The van der Waals surface area contributed by atoms with E-state index in [4.69, 9.17) is 0 Å². The Bertz CT molecular complexity index is 170. The lowest BCUT2D eigenvalue weighted by Crippen LogP contribution is -1.61. The molecule has 66 valence electrons. The predicted molar refractivity (Wildman–Crippen MR) is 57.1 cm³/mol. The van der Waals surface area contributed by atoms with Crippen molar-refractivity contribution in [1.29, 1.82) is 0 Å². The van der Waals surface area contributed by atoms with Crippen LogP contribution >= 0.6 is 0 Å². The second kappa shape index (κ2) is 9.96. The van der Waals surface area contributed by atoms with Crippen molar-refractivity contribution >= 4 is 0 Å². The van der Waals surface area contributed by atoms with Crippen molar-refractivity contribution < 1.29 is 0 Å². The van der Waals surface area contributed by atoms with Gasteiger partial charge in [-0.3, -0.25) is 0 Å². The highest BCUT2D eigenvalue weighted by atomic mass is 13.8. The Morgan fingerprint density at radius 3 is 1.83 bits per heavy atom. The molecule has 0 aliphatic carbocycles. The van der Waals surface area contributed by atoms with Crippen LogP contribution in [0.1, 0.15) is 26.2 Å². The fourth-order valence-corrected chi connectivity index (χ4v) is 0.774. The van der Waals surface area contributed by atoms with Gasteiger partial charge in [-0.1, -0.05) is 42.5 Å². The van der Waals surface area contributed by atoms with Crippen LogP contribution in [0.4, 0.5) is 0 Å². The first-order chi connectivity index (χ1) is 5.91. The van der Waals surface area contributed by atoms with E-state index in [1.807, 2.05) is 13.0 Å². The van der Waals surface area contributed by atoms with Gasteiger partial charge in [-0.05, 0) is 26.2 Å². The zero-order valence-electron chi connectivity index (χ0n) is 7.87. The Morgan fingerprint density at radius 1 is 0.833 bits per heavy atom. The summed E-state index contributed by atoms with van der Waals surface area (Å²) in [5, 5.41) is 0. The van der Waals surface area contributed by atoms with E-state index in [0.29, 0.717) is 0 Å². The van der Waals surface area contributed by atoms with Gasteiger partial charge >= 0.3 is 0 Å². The molecule has 0 fully saturated rings. The molecule has 0 aromatic heterocycles. The second-order valence-electron chi connectivity index (χ2n) is 2.51. The topological polar surface area (TPSA) is 0 Å². The quantitative estimate of drug-likeness (QED) is 0.517. The molecule has 0 saturated carbocycles. The molecule has 0 unspecified atom stereocenters. The maximum atomic E-state index is 3.64. The van der Waals surface area contributed by atoms with Gasteiger partial charge in [0.05, 0.1) is 0 Å². The van der Waals surface area contributed by atoms with Crippen molar-refractivity contribution in [3.63, 3.8) is 0 Å². The minimum Gasteiger partial charge on any atom is -0.103 e. The average molecular weight is 162 g/mol. The van der Waals surface area contributed by atoms with E-state index in [2.05, 4.69) is 43.0 Å². The molecule has 0 aliphatic heterocycles. The highest BCUT2D eigenvalue weighted by molar-refractivity contribution is 4.97. The lowest BCUT2D eigenvalue weighted by molar-refractivity contribution is 1.28. The lowest BCUT2D eigenvalue weighted by Gasteiger charge is -1.82. The van der Waals surface area contributed by atoms with Crippen LogP contribution in [0.25, 0.3) is 0 Å². The molecule has 0 N–H and O–H groups in total. The lowest BCUT2D eigenvalue weighted by atomic mass is 10.3. The molecule has 0 spiro atoms. The fraction of sp³-hybridized carbons (Fsp3) is 0.333. The zero-order valence-corrected chi connectivity index (χ0v) is 7.87. The molecule has 0 saturated heterocycles. The van der Waals surface area contributed by atoms with E-state index in [0.717, 1.165) is 19.3 Å². The molecule has 0 aliphatic rings. The van der Waals surface area contributed by atoms with Gasteiger partial charge < -0.3 is 0 Å². The van der Waals surface area contributed by atoms with Crippen LogP contribution < -0.4 is 0 Å². The maximum Gasteiger partial charge on any atom is -0.0169 e. The van der Waals surface area contributed by atoms with Gasteiger partial charge in [-0.2, -0.15) is 0 Å². The van der Waals surface area contributed by atoms with Crippen molar-refractivity contribution in [2.75, 3.05) is 0 Å². The highest BCUT2D eigenvalue weighted by Crippen LogP contribution is 1.92. The molecule has 0 atom stereocenters. The number of rotatable bonds is 6. The van der Waals surface area contributed by atoms with Crippen molar-refractivity contribution in [3.8, 4) is 0 Å². The van der Waals surface area contributed by atoms with E-state index in [-0.39, 0.29) is 0 Å². The molecule has 0 bridgehead atoms. The molecule has 0 aromatic carbocycles. The van der Waals surface area contributed by atoms with E-state index in [1.165, 1.54) is 0 Å². The first-order valence-corrected chi connectivity index (χ1v) is 4.44. The van der Waals surface area contributed by atoms with Crippen LogP contribution in [0.3, 0.4) is 0 Å². The van der Waals surface area contributed by atoms with Gasteiger partial charge in [0.1, 0.15) is 0 Å². The summed E-state index contributed by atoms with van der Waals surface area (Å²) in [6.45, 7) is 5.68. The summed E-state index contributed by atoms with van der Waals surface area (Å²) in [6.07, 6.45) is 17.8. The summed E-state index contributed by atoms with van der Waals surface area (Å²) in [5.41, 5.74) is 0. The van der Waals surface area contributed by atoms with Crippen molar-refractivity contribution in [3.05, 3.63) is 49.1 Å². The Hall–Kier alpha value is -1.04. The summed E-state index contributed by atoms with van der Waals surface area (Å²) in [4.78, 5) is 0. The smallest absolute Gasteiger partial charge is 0.0169 e. The largest absolute Gasteiger partial charge is 0.103 e. The molecule has 0 rings (SSSR count). The summed E-state index contributed by atoms with van der Waals surface area (Å²) >= 11 is 0. The maximum absolute atomic E-state index is 3.64. The minimum absolute atomic E-state index is 0.975. The molecule has 0 aromatic rings. The fourth-order valence-electron chi connectivity index (χ4n) is 0.774. The number of hydrogen-bond acceptors (Lipinski definition) is 0. The Morgan fingerprint density at radius 2 is 1.33 bits per heavy atom. The molecule has 0 nitrogen and oxygen atoms in total. The van der Waals surface area contributed by atoms with E-state index in [1.54, 1.807) is 0 Å². The van der Waals surface area contributed by atoms with Gasteiger partial charge in [0.2, 0.25) is 0 Å². The highest BCUT2D eigenvalue weighted by Gasteiger charge is 1.71. The Labute approximate surface area is 76.0 Å². The van der Waals surface area contributed by atoms with Crippen LogP contribution in [-0.2, 0) is 0 Å². The van der Waals surface area contributed by atoms with Crippen LogP contribution in [0.15, 0.2) is 49.1 Å². The zero-order chi connectivity index (χ0) is 9.07. The molecular formula is C12H18. The van der Waals surface area contributed by atoms with E-state index >= 15 is 0 Å². The van der Waals surface area contributed by atoms with Crippen molar-refractivity contribution in [1.82, 2.24) is 0 Å². The van der Waals surface area contributed by atoms with Gasteiger partial charge in [-0.25, -0.2) is 0 Å². The molecule has 0 radical (unpaired) electrons. The first kappa shape index (κ1) is 11.0.